The minimum absolute atomic E-state index is 0.0243. The molecular weight excluding hydrogens is 418 g/mol. The van der Waals surface area contributed by atoms with Crippen molar-refractivity contribution in [1.29, 1.82) is 0 Å². The number of pyridine rings is 1. The third-order valence-corrected chi connectivity index (χ3v) is 5.11. The molecule has 2 aromatic carbocycles. The molecule has 0 radical (unpaired) electrons. The molecule has 0 saturated heterocycles. The van der Waals surface area contributed by atoms with Gasteiger partial charge in [-0.25, -0.2) is 9.78 Å². The van der Waals surface area contributed by atoms with Crippen molar-refractivity contribution >= 4 is 23.4 Å². The van der Waals surface area contributed by atoms with E-state index < -0.39 is 11.0 Å². The molecule has 1 N–H and O–H groups in total. The van der Waals surface area contributed by atoms with Crippen LogP contribution in [0.4, 0.5) is 10.5 Å². The van der Waals surface area contributed by atoms with Crippen molar-refractivity contribution in [2.24, 2.45) is 0 Å². The summed E-state index contributed by atoms with van der Waals surface area (Å²) in [6.45, 7) is 0.148. The predicted molar refractivity (Wildman–Crippen MR) is 116 cm³/mol. The second-order valence-electron chi connectivity index (χ2n) is 6.76. The van der Waals surface area contributed by atoms with E-state index in [0.717, 1.165) is 22.3 Å². The largest absolute Gasteiger partial charge is 0.449 e. The van der Waals surface area contributed by atoms with Crippen LogP contribution in [0.5, 0.6) is 0 Å². The molecule has 0 aliphatic heterocycles. The van der Waals surface area contributed by atoms with Gasteiger partial charge in [-0.1, -0.05) is 66.1 Å². The zero-order valence-electron chi connectivity index (χ0n) is 16.2. The Kier molecular flexibility index (Phi) is 5.83. The molecule has 1 amide bonds. The van der Waals surface area contributed by atoms with Crippen molar-refractivity contribution in [2.75, 3.05) is 13.2 Å². The molecule has 1 aromatic heterocycles. The number of benzene rings is 2. The maximum absolute atomic E-state index is 12.1. The summed E-state index contributed by atoms with van der Waals surface area (Å²) in [7, 11) is 0. The lowest BCUT2D eigenvalue weighted by molar-refractivity contribution is -0.385. The molecule has 8 heteroatoms. The van der Waals surface area contributed by atoms with Gasteiger partial charge in [0, 0.05) is 18.2 Å². The van der Waals surface area contributed by atoms with Crippen LogP contribution in [0.2, 0.25) is 5.02 Å². The fourth-order valence-corrected chi connectivity index (χ4v) is 3.71. The van der Waals surface area contributed by atoms with Crippen molar-refractivity contribution in [2.45, 2.75) is 5.92 Å². The second-order valence-corrected chi connectivity index (χ2v) is 7.20. The van der Waals surface area contributed by atoms with E-state index in [1.54, 1.807) is 0 Å². The number of nitrogens with one attached hydrogen (secondary N) is 1. The van der Waals surface area contributed by atoms with E-state index in [2.05, 4.69) is 34.3 Å². The number of carbonyl (C=O) groups is 1. The predicted octanol–water partition coefficient (Wildman–Crippen LogP) is 4.53. The lowest BCUT2D eigenvalue weighted by Crippen LogP contribution is -2.26. The number of nitrogens with zero attached hydrogens (tertiary/aromatic N) is 2. The molecule has 1 aliphatic rings. The molecule has 0 bridgehead atoms. The maximum atomic E-state index is 12.1. The minimum Gasteiger partial charge on any atom is -0.449 e. The van der Waals surface area contributed by atoms with Crippen LogP contribution in [0.3, 0.4) is 0 Å². The van der Waals surface area contributed by atoms with Gasteiger partial charge in [-0.2, -0.15) is 0 Å². The molecule has 4 rings (SSSR count). The van der Waals surface area contributed by atoms with Crippen LogP contribution in [0, 0.1) is 22.0 Å². The zero-order valence-corrected chi connectivity index (χ0v) is 16.9. The van der Waals surface area contributed by atoms with Crippen LogP contribution in [-0.4, -0.2) is 29.2 Å². The Labute approximate surface area is 183 Å². The van der Waals surface area contributed by atoms with E-state index in [4.69, 9.17) is 16.3 Å². The zero-order chi connectivity index (χ0) is 21.8. The highest BCUT2D eigenvalue weighted by molar-refractivity contribution is 6.30. The van der Waals surface area contributed by atoms with Crippen molar-refractivity contribution in [3.05, 3.63) is 92.8 Å². The highest BCUT2D eigenvalue weighted by Gasteiger charge is 2.28. The van der Waals surface area contributed by atoms with Crippen LogP contribution in [0.25, 0.3) is 11.1 Å². The molecule has 154 valence electrons. The van der Waals surface area contributed by atoms with Gasteiger partial charge in [-0.3, -0.25) is 10.1 Å². The summed E-state index contributed by atoms with van der Waals surface area (Å²) < 4.78 is 5.41. The number of hydrogen-bond acceptors (Lipinski definition) is 5. The third kappa shape index (κ3) is 4.34. The average Bonchev–Trinajstić information content (AvgIpc) is 3.10. The summed E-state index contributed by atoms with van der Waals surface area (Å²) in [6.07, 6.45) is 0.659. The first-order valence-electron chi connectivity index (χ1n) is 9.42. The number of rotatable bonds is 4. The summed E-state index contributed by atoms with van der Waals surface area (Å²) in [5.41, 5.74) is 4.23. The normalized spacial score (nSPS) is 11.6. The van der Waals surface area contributed by atoms with Crippen LogP contribution in [0.15, 0.2) is 60.8 Å². The molecule has 3 aromatic rings. The molecular formula is C23H16ClN3O4. The summed E-state index contributed by atoms with van der Waals surface area (Å²) >= 11 is 5.73. The first-order chi connectivity index (χ1) is 15.0. The first-order valence-corrected chi connectivity index (χ1v) is 9.80. The number of aromatic nitrogens is 1. The first kappa shape index (κ1) is 20.4. The molecule has 1 aliphatic carbocycles. The average molecular weight is 434 g/mol. The number of carbonyl (C=O) groups excluding carboxylic acids is 1. The molecule has 0 fully saturated rings. The van der Waals surface area contributed by atoms with Crippen molar-refractivity contribution in [3.63, 3.8) is 0 Å². The van der Waals surface area contributed by atoms with Gasteiger partial charge in [0.1, 0.15) is 6.61 Å². The smallest absolute Gasteiger partial charge is 0.407 e. The Bertz CT molecular complexity index is 1190. The summed E-state index contributed by atoms with van der Waals surface area (Å²) in [5, 5.41) is 13.7. The molecule has 31 heavy (non-hydrogen) atoms. The molecule has 0 atom stereocenters. The molecule has 0 saturated carbocycles. The van der Waals surface area contributed by atoms with E-state index in [1.807, 2.05) is 36.4 Å². The van der Waals surface area contributed by atoms with Gasteiger partial charge in [0.25, 0.3) is 0 Å². The lowest BCUT2D eigenvalue weighted by atomic mass is 9.98. The van der Waals surface area contributed by atoms with Gasteiger partial charge in [0.15, 0.2) is 5.69 Å². The van der Waals surface area contributed by atoms with Gasteiger partial charge in [-0.05, 0) is 28.2 Å². The van der Waals surface area contributed by atoms with Crippen molar-refractivity contribution in [1.82, 2.24) is 10.3 Å². The summed E-state index contributed by atoms with van der Waals surface area (Å²) in [5.74, 6) is 5.17. The number of hydrogen-bond donors (Lipinski definition) is 1. The van der Waals surface area contributed by atoms with E-state index in [9.17, 15) is 14.9 Å². The fraction of sp³-hybridized carbons (Fsp3) is 0.130. The maximum Gasteiger partial charge on any atom is 0.407 e. The number of alkyl carbamates (subject to hydrolysis) is 1. The SMILES string of the molecule is O=C(NCC#Cc1ncc(Cl)cc1[N+](=O)[O-])OCC1c2ccccc2-c2ccccc21. The quantitative estimate of drug-likeness (QED) is 0.370. The topological polar surface area (TPSA) is 94.4 Å². The van der Waals surface area contributed by atoms with Crippen LogP contribution in [0.1, 0.15) is 22.7 Å². The van der Waals surface area contributed by atoms with Crippen molar-refractivity contribution < 1.29 is 14.5 Å². The lowest BCUT2D eigenvalue weighted by Gasteiger charge is -2.14. The molecule has 1 heterocycles. The number of nitro groups is 1. The Morgan fingerprint density at radius 2 is 1.81 bits per heavy atom. The Morgan fingerprint density at radius 1 is 1.16 bits per heavy atom. The van der Waals surface area contributed by atoms with E-state index in [1.165, 1.54) is 12.3 Å². The summed E-state index contributed by atoms with van der Waals surface area (Å²) in [6, 6.07) is 17.3. The van der Waals surface area contributed by atoms with Crippen molar-refractivity contribution in [3.8, 4) is 23.0 Å². The summed E-state index contributed by atoms with van der Waals surface area (Å²) in [4.78, 5) is 26.4. The number of fused-ring (bicyclic) bond motifs is 3. The van der Waals surface area contributed by atoms with E-state index in [-0.39, 0.29) is 35.5 Å². The fourth-order valence-electron chi connectivity index (χ4n) is 3.56. The van der Waals surface area contributed by atoms with Crippen LogP contribution >= 0.6 is 11.6 Å². The molecule has 7 nitrogen and oxygen atoms in total. The van der Waals surface area contributed by atoms with Gasteiger partial charge < -0.3 is 10.1 Å². The number of amides is 1. The Hall–Kier alpha value is -3.89. The number of halogens is 1. The highest BCUT2D eigenvalue weighted by Crippen LogP contribution is 2.44. The molecule has 0 unspecified atom stereocenters. The van der Waals surface area contributed by atoms with E-state index in [0.29, 0.717) is 0 Å². The third-order valence-electron chi connectivity index (χ3n) is 4.90. The van der Waals surface area contributed by atoms with Crippen LogP contribution < -0.4 is 5.32 Å². The highest BCUT2D eigenvalue weighted by atomic mass is 35.5. The second kappa shape index (κ2) is 8.86. The monoisotopic (exact) mass is 433 g/mol. The number of ether oxygens (including phenoxy) is 1. The van der Waals surface area contributed by atoms with Gasteiger partial charge >= 0.3 is 11.8 Å². The van der Waals surface area contributed by atoms with Gasteiger partial charge in [0.05, 0.1) is 16.5 Å². The van der Waals surface area contributed by atoms with Gasteiger partial charge in [-0.15, -0.1) is 0 Å². The Balaban J connectivity index is 1.37. The van der Waals surface area contributed by atoms with E-state index >= 15 is 0 Å². The van der Waals surface area contributed by atoms with Gasteiger partial charge in [0.2, 0.25) is 0 Å². The van der Waals surface area contributed by atoms with Crippen LogP contribution in [-0.2, 0) is 4.74 Å². The standard InChI is InChI=1S/C23H16ClN3O4/c24-15-12-22(27(29)30)21(26-13-15)10-5-11-25-23(28)31-14-20-18-8-3-1-6-16(18)17-7-2-4-9-19(17)20/h1-4,6-9,12-13,20H,11,14H2,(H,25,28). The minimum atomic E-state index is -0.616. The Morgan fingerprint density at radius 3 is 2.45 bits per heavy atom. The molecule has 0 spiro atoms.